The molecule has 94 valence electrons. The molecule has 0 aliphatic rings. The summed E-state index contributed by atoms with van der Waals surface area (Å²) in [5.41, 5.74) is 5.93. The Morgan fingerprint density at radius 2 is 1.61 bits per heavy atom. The molecule has 2 aromatic rings. The molecule has 2 N–H and O–H groups in total. The molecular formula is C14H12BrF2N. The minimum absolute atomic E-state index is 0.134. The van der Waals surface area contributed by atoms with E-state index in [2.05, 4.69) is 15.9 Å². The van der Waals surface area contributed by atoms with E-state index in [1.807, 2.05) is 18.2 Å². The zero-order valence-electron chi connectivity index (χ0n) is 9.75. The van der Waals surface area contributed by atoms with Gasteiger partial charge in [0.25, 0.3) is 0 Å². The van der Waals surface area contributed by atoms with Gasteiger partial charge in [0.1, 0.15) is 0 Å². The Hall–Kier alpha value is -1.26. The van der Waals surface area contributed by atoms with Gasteiger partial charge in [0.05, 0.1) is 5.54 Å². The summed E-state index contributed by atoms with van der Waals surface area (Å²) in [4.78, 5) is 0. The molecule has 0 bridgehead atoms. The summed E-state index contributed by atoms with van der Waals surface area (Å²) in [6, 6.07) is 11.3. The highest BCUT2D eigenvalue weighted by atomic mass is 79.9. The molecular weight excluding hydrogens is 300 g/mol. The van der Waals surface area contributed by atoms with Crippen molar-refractivity contribution < 1.29 is 8.78 Å². The van der Waals surface area contributed by atoms with Crippen LogP contribution in [0.2, 0.25) is 0 Å². The van der Waals surface area contributed by atoms with Crippen molar-refractivity contribution in [3.8, 4) is 0 Å². The molecule has 2 aromatic carbocycles. The minimum atomic E-state index is -1.10. The van der Waals surface area contributed by atoms with Crippen LogP contribution in [0.5, 0.6) is 0 Å². The second-order valence-electron chi connectivity index (χ2n) is 4.28. The molecule has 1 atom stereocenters. The van der Waals surface area contributed by atoms with Crippen molar-refractivity contribution >= 4 is 15.9 Å². The fourth-order valence-electron chi connectivity index (χ4n) is 1.93. The molecule has 0 fully saturated rings. The number of benzene rings is 2. The van der Waals surface area contributed by atoms with E-state index in [1.54, 1.807) is 13.0 Å². The zero-order chi connectivity index (χ0) is 13.3. The second-order valence-corrected chi connectivity index (χ2v) is 5.14. The predicted molar refractivity (Wildman–Crippen MR) is 71.1 cm³/mol. The van der Waals surface area contributed by atoms with Gasteiger partial charge in [-0.25, -0.2) is 8.78 Å². The van der Waals surface area contributed by atoms with Crippen LogP contribution in [0.25, 0.3) is 0 Å². The first-order valence-corrected chi connectivity index (χ1v) is 6.22. The molecule has 0 aliphatic carbocycles. The van der Waals surface area contributed by atoms with Crippen molar-refractivity contribution in [2.75, 3.05) is 0 Å². The molecule has 0 heterocycles. The molecule has 0 aromatic heterocycles. The third-order valence-corrected chi connectivity index (χ3v) is 3.64. The van der Waals surface area contributed by atoms with Gasteiger partial charge >= 0.3 is 0 Å². The Kier molecular flexibility index (Phi) is 3.50. The molecule has 1 unspecified atom stereocenters. The Balaban J connectivity index is 2.62. The fraction of sp³-hybridized carbons (Fsp3) is 0.143. The fourth-order valence-corrected chi connectivity index (χ4v) is 2.63. The minimum Gasteiger partial charge on any atom is -0.318 e. The van der Waals surface area contributed by atoms with Crippen LogP contribution < -0.4 is 5.73 Å². The molecule has 0 aliphatic heterocycles. The van der Waals surface area contributed by atoms with Gasteiger partial charge in [-0.05, 0) is 24.6 Å². The number of hydrogen-bond donors (Lipinski definition) is 1. The Bertz CT molecular complexity index is 582. The van der Waals surface area contributed by atoms with Crippen LogP contribution >= 0.6 is 15.9 Å². The lowest BCUT2D eigenvalue weighted by atomic mass is 9.85. The monoisotopic (exact) mass is 311 g/mol. The van der Waals surface area contributed by atoms with Crippen molar-refractivity contribution in [1.82, 2.24) is 0 Å². The van der Waals surface area contributed by atoms with Crippen LogP contribution in [0.4, 0.5) is 8.78 Å². The van der Waals surface area contributed by atoms with Crippen LogP contribution in [0.3, 0.4) is 0 Å². The van der Waals surface area contributed by atoms with Crippen LogP contribution in [-0.2, 0) is 5.54 Å². The maximum absolute atomic E-state index is 13.8. The van der Waals surface area contributed by atoms with Gasteiger partial charge < -0.3 is 5.73 Å². The van der Waals surface area contributed by atoms with E-state index in [4.69, 9.17) is 5.73 Å². The van der Waals surface area contributed by atoms with Crippen molar-refractivity contribution in [3.63, 3.8) is 0 Å². The maximum atomic E-state index is 13.8. The number of nitrogens with two attached hydrogens (primary N) is 1. The smallest absolute Gasteiger partial charge is 0.164 e. The molecule has 0 saturated heterocycles. The van der Waals surface area contributed by atoms with Gasteiger partial charge in [0.2, 0.25) is 0 Å². The molecule has 0 spiro atoms. The van der Waals surface area contributed by atoms with E-state index in [0.717, 1.165) is 10.5 Å². The van der Waals surface area contributed by atoms with Gasteiger partial charge in [-0.3, -0.25) is 0 Å². The number of rotatable bonds is 2. The Morgan fingerprint density at radius 3 is 2.28 bits per heavy atom. The summed E-state index contributed by atoms with van der Waals surface area (Å²) < 4.78 is 27.9. The highest BCUT2D eigenvalue weighted by Crippen LogP contribution is 2.33. The van der Waals surface area contributed by atoms with E-state index in [0.29, 0.717) is 5.56 Å². The van der Waals surface area contributed by atoms with E-state index < -0.39 is 17.2 Å². The molecule has 0 amide bonds. The van der Waals surface area contributed by atoms with E-state index >= 15 is 0 Å². The van der Waals surface area contributed by atoms with E-state index in [1.165, 1.54) is 12.1 Å². The summed E-state index contributed by atoms with van der Waals surface area (Å²) in [5, 5.41) is 0. The van der Waals surface area contributed by atoms with Gasteiger partial charge in [-0.1, -0.05) is 46.3 Å². The molecule has 0 radical (unpaired) electrons. The first-order chi connectivity index (χ1) is 8.44. The largest absolute Gasteiger partial charge is 0.318 e. The SMILES string of the molecule is CC(N)(c1ccccc1Br)c1cccc(F)c1F. The summed E-state index contributed by atoms with van der Waals surface area (Å²) in [6.45, 7) is 1.66. The maximum Gasteiger partial charge on any atom is 0.164 e. The summed E-state index contributed by atoms with van der Waals surface area (Å²) in [5.74, 6) is -1.80. The molecule has 0 saturated carbocycles. The van der Waals surface area contributed by atoms with Crippen LogP contribution in [0.15, 0.2) is 46.9 Å². The van der Waals surface area contributed by atoms with Gasteiger partial charge in [0, 0.05) is 10.0 Å². The second kappa shape index (κ2) is 4.78. The average Bonchev–Trinajstić information content (AvgIpc) is 2.32. The topological polar surface area (TPSA) is 26.0 Å². The first-order valence-electron chi connectivity index (χ1n) is 5.43. The van der Waals surface area contributed by atoms with Gasteiger partial charge in [-0.15, -0.1) is 0 Å². The average molecular weight is 312 g/mol. The van der Waals surface area contributed by atoms with E-state index in [9.17, 15) is 8.78 Å². The van der Waals surface area contributed by atoms with Gasteiger partial charge in [0.15, 0.2) is 11.6 Å². The first kappa shape index (κ1) is 13.2. The molecule has 18 heavy (non-hydrogen) atoms. The van der Waals surface area contributed by atoms with Crippen LogP contribution in [0, 0.1) is 11.6 Å². The standard InChI is InChI=1S/C14H12BrF2N/c1-14(18,9-5-2-3-7-11(9)15)10-6-4-8-12(16)13(10)17/h2-8H,18H2,1H3. The summed E-state index contributed by atoms with van der Waals surface area (Å²) in [7, 11) is 0. The number of halogens is 3. The zero-order valence-corrected chi connectivity index (χ0v) is 11.3. The van der Waals surface area contributed by atoms with Crippen molar-refractivity contribution in [2.45, 2.75) is 12.5 Å². The van der Waals surface area contributed by atoms with E-state index in [-0.39, 0.29) is 5.56 Å². The Morgan fingerprint density at radius 1 is 1.00 bits per heavy atom. The van der Waals surface area contributed by atoms with Crippen LogP contribution in [0.1, 0.15) is 18.1 Å². The summed E-state index contributed by atoms with van der Waals surface area (Å²) in [6.07, 6.45) is 0. The lowest BCUT2D eigenvalue weighted by molar-refractivity contribution is 0.468. The third-order valence-electron chi connectivity index (χ3n) is 2.94. The molecule has 2 rings (SSSR count). The normalized spacial score (nSPS) is 14.3. The lowest BCUT2D eigenvalue weighted by Gasteiger charge is -2.27. The molecule has 4 heteroatoms. The third kappa shape index (κ3) is 2.18. The van der Waals surface area contributed by atoms with Crippen molar-refractivity contribution in [3.05, 3.63) is 69.7 Å². The highest BCUT2D eigenvalue weighted by Gasteiger charge is 2.29. The van der Waals surface area contributed by atoms with Gasteiger partial charge in [-0.2, -0.15) is 0 Å². The quantitative estimate of drug-likeness (QED) is 0.893. The van der Waals surface area contributed by atoms with Crippen LogP contribution in [-0.4, -0.2) is 0 Å². The predicted octanol–water partition coefficient (Wildman–Crippen LogP) is 3.95. The highest BCUT2D eigenvalue weighted by molar-refractivity contribution is 9.10. The Labute approximate surface area is 113 Å². The summed E-state index contributed by atoms with van der Waals surface area (Å²) >= 11 is 3.38. The van der Waals surface area contributed by atoms with Crippen molar-refractivity contribution in [1.29, 1.82) is 0 Å². The van der Waals surface area contributed by atoms with Crippen molar-refractivity contribution in [2.24, 2.45) is 5.73 Å². The lowest BCUT2D eigenvalue weighted by Crippen LogP contribution is -2.36. The molecule has 1 nitrogen and oxygen atoms in total. The number of hydrogen-bond acceptors (Lipinski definition) is 1.